The number of amides is 3. The van der Waals surface area contributed by atoms with Crippen molar-refractivity contribution in [3.8, 4) is 6.07 Å². The largest absolute Gasteiger partial charge is 0.338 e. The van der Waals surface area contributed by atoms with E-state index in [1.54, 1.807) is 32.0 Å². The van der Waals surface area contributed by atoms with Crippen LogP contribution >= 0.6 is 0 Å². The SMILES string of the molecule is CCCCC(CC)CN(CC(CC)CCCC)C(=O)c1ccccc1/N=N/C1C(=O)N(CC)C(=O)C(C#N)=C1C. The lowest BCUT2D eigenvalue weighted by molar-refractivity contribution is -0.143. The Labute approximate surface area is 240 Å². The zero-order chi connectivity index (χ0) is 29.7. The Morgan fingerprint density at radius 3 is 2.08 bits per heavy atom. The maximum absolute atomic E-state index is 14.1. The van der Waals surface area contributed by atoms with E-state index >= 15 is 0 Å². The predicted molar refractivity (Wildman–Crippen MR) is 158 cm³/mol. The molecule has 0 radical (unpaired) electrons. The highest BCUT2D eigenvalue weighted by molar-refractivity contribution is 6.12. The number of nitriles is 1. The van der Waals surface area contributed by atoms with Gasteiger partial charge in [0.05, 0.1) is 11.3 Å². The van der Waals surface area contributed by atoms with Crippen molar-refractivity contribution in [1.82, 2.24) is 9.80 Å². The van der Waals surface area contributed by atoms with Crippen molar-refractivity contribution in [3.05, 3.63) is 41.0 Å². The monoisotopic (exact) mass is 549 g/mol. The molecule has 0 fully saturated rings. The Morgan fingerprint density at radius 2 is 1.57 bits per heavy atom. The van der Waals surface area contributed by atoms with Gasteiger partial charge in [0.2, 0.25) is 0 Å². The predicted octanol–water partition coefficient (Wildman–Crippen LogP) is 7.24. The number of carbonyl (C=O) groups excluding carboxylic acids is 3. The summed E-state index contributed by atoms with van der Waals surface area (Å²) in [5, 5.41) is 18.2. The molecule has 1 aromatic rings. The summed E-state index contributed by atoms with van der Waals surface area (Å²) in [4.78, 5) is 42.6. The lowest BCUT2D eigenvalue weighted by atomic mass is 9.95. The quantitative estimate of drug-likeness (QED) is 0.160. The molecule has 8 nitrogen and oxygen atoms in total. The average Bonchev–Trinajstić information content (AvgIpc) is 2.96. The smallest absolute Gasteiger partial charge is 0.271 e. The molecule has 0 saturated carbocycles. The lowest BCUT2D eigenvalue weighted by Crippen LogP contribution is -2.47. The fraction of sp³-hybridized carbons (Fsp3) is 0.625. The topological polar surface area (TPSA) is 106 Å². The molecule has 2 rings (SSSR count). The van der Waals surface area contributed by atoms with Crippen LogP contribution in [0.15, 0.2) is 45.6 Å². The van der Waals surface area contributed by atoms with E-state index in [0.717, 1.165) is 56.3 Å². The van der Waals surface area contributed by atoms with Gasteiger partial charge < -0.3 is 4.90 Å². The third-order valence-corrected chi connectivity index (χ3v) is 7.94. The molecule has 0 aliphatic carbocycles. The van der Waals surface area contributed by atoms with Crippen molar-refractivity contribution in [2.24, 2.45) is 22.1 Å². The minimum atomic E-state index is -1.08. The van der Waals surface area contributed by atoms with Crippen molar-refractivity contribution in [1.29, 1.82) is 5.26 Å². The van der Waals surface area contributed by atoms with Gasteiger partial charge in [0, 0.05) is 19.6 Å². The number of carbonyl (C=O) groups is 3. The van der Waals surface area contributed by atoms with E-state index in [4.69, 9.17) is 0 Å². The Balaban J connectivity index is 2.44. The van der Waals surface area contributed by atoms with E-state index in [0.29, 0.717) is 36.2 Å². The number of azo groups is 1. The molecule has 0 bridgehead atoms. The number of imide groups is 1. The Hall–Kier alpha value is -3.34. The van der Waals surface area contributed by atoms with Gasteiger partial charge in [-0.2, -0.15) is 15.5 Å². The standard InChI is InChI=1S/C32H47N5O3/c1-7-12-16-24(9-3)21-36(22-25(10-4)17-13-8-2)30(38)26-18-14-15-19-28(26)34-35-29-23(6)27(20-33)31(39)37(11-5)32(29)40/h14-15,18-19,24-25,29H,7-13,16-17,21-22H2,1-6H3/b35-34+. The summed E-state index contributed by atoms with van der Waals surface area (Å²) in [5.41, 5.74) is 1.01. The summed E-state index contributed by atoms with van der Waals surface area (Å²) >= 11 is 0. The van der Waals surface area contributed by atoms with Gasteiger partial charge in [0.15, 0.2) is 6.04 Å². The van der Waals surface area contributed by atoms with E-state index in [-0.39, 0.29) is 23.6 Å². The highest BCUT2D eigenvalue weighted by Gasteiger charge is 2.38. The highest BCUT2D eigenvalue weighted by atomic mass is 16.2. The van der Waals surface area contributed by atoms with Gasteiger partial charge >= 0.3 is 0 Å². The van der Waals surface area contributed by atoms with Crippen molar-refractivity contribution >= 4 is 23.4 Å². The number of likely N-dealkylation sites (N-methyl/N-ethyl adjacent to an activating group) is 1. The Kier molecular flexibility index (Phi) is 13.7. The van der Waals surface area contributed by atoms with Crippen LogP contribution in [-0.2, 0) is 9.59 Å². The molecule has 8 heteroatoms. The molecule has 1 aliphatic heterocycles. The molecule has 40 heavy (non-hydrogen) atoms. The summed E-state index contributed by atoms with van der Waals surface area (Å²) in [6, 6.07) is 7.91. The number of hydrogen-bond acceptors (Lipinski definition) is 6. The molecular weight excluding hydrogens is 502 g/mol. The number of nitrogens with zero attached hydrogens (tertiary/aromatic N) is 5. The first kappa shape index (κ1) is 32.9. The maximum Gasteiger partial charge on any atom is 0.271 e. The van der Waals surface area contributed by atoms with Gasteiger partial charge in [-0.3, -0.25) is 19.3 Å². The first-order chi connectivity index (χ1) is 19.3. The van der Waals surface area contributed by atoms with Crippen LogP contribution in [0.2, 0.25) is 0 Å². The normalized spacial score (nSPS) is 17.3. The fourth-order valence-electron chi connectivity index (χ4n) is 5.17. The molecule has 3 unspecified atom stereocenters. The second-order valence-corrected chi connectivity index (χ2v) is 10.7. The Morgan fingerprint density at radius 1 is 1.00 bits per heavy atom. The van der Waals surface area contributed by atoms with Crippen molar-refractivity contribution in [3.63, 3.8) is 0 Å². The van der Waals surface area contributed by atoms with Gasteiger partial charge in [0.1, 0.15) is 11.6 Å². The van der Waals surface area contributed by atoms with Gasteiger partial charge in [0.25, 0.3) is 17.7 Å². The molecule has 0 N–H and O–H groups in total. The van der Waals surface area contributed by atoms with Crippen LogP contribution in [0, 0.1) is 23.2 Å². The number of rotatable bonds is 16. The van der Waals surface area contributed by atoms with Gasteiger partial charge in [-0.1, -0.05) is 78.4 Å². The second-order valence-electron chi connectivity index (χ2n) is 10.7. The molecule has 0 saturated heterocycles. The highest BCUT2D eigenvalue weighted by Crippen LogP contribution is 2.28. The summed E-state index contributed by atoms with van der Waals surface area (Å²) in [6.45, 7) is 13.5. The fourth-order valence-corrected chi connectivity index (χ4v) is 5.17. The first-order valence-corrected chi connectivity index (χ1v) is 15.0. The van der Waals surface area contributed by atoms with Gasteiger partial charge in [-0.15, -0.1) is 0 Å². The zero-order valence-corrected chi connectivity index (χ0v) is 25.3. The lowest BCUT2D eigenvalue weighted by Gasteiger charge is -2.31. The molecule has 1 aromatic carbocycles. The average molecular weight is 550 g/mol. The molecule has 218 valence electrons. The maximum atomic E-state index is 14.1. The van der Waals surface area contributed by atoms with E-state index < -0.39 is 17.9 Å². The first-order valence-electron chi connectivity index (χ1n) is 15.0. The van der Waals surface area contributed by atoms with E-state index in [1.165, 1.54) is 0 Å². The molecule has 0 spiro atoms. The molecule has 3 atom stereocenters. The van der Waals surface area contributed by atoms with Crippen LogP contribution < -0.4 is 0 Å². The van der Waals surface area contributed by atoms with E-state index in [9.17, 15) is 19.6 Å². The molecule has 3 amide bonds. The number of hydrogen-bond donors (Lipinski definition) is 0. The van der Waals surface area contributed by atoms with E-state index in [2.05, 4.69) is 37.9 Å². The Bertz CT molecular complexity index is 1100. The van der Waals surface area contributed by atoms with Gasteiger partial charge in [-0.25, -0.2) is 0 Å². The minimum absolute atomic E-state index is 0.0789. The number of benzene rings is 1. The van der Waals surface area contributed by atoms with Crippen LogP contribution in [0.4, 0.5) is 5.69 Å². The van der Waals surface area contributed by atoms with Crippen LogP contribution in [0.25, 0.3) is 0 Å². The van der Waals surface area contributed by atoms with E-state index in [1.807, 2.05) is 17.0 Å². The summed E-state index contributed by atoms with van der Waals surface area (Å²) in [7, 11) is 0. The molecule has 1 aliphatic rings. The molecular formula is C32H47N5O3. The minimum Gasteiger partial charge on any atom is -0.338 e. The number of unbranched alkanes of at least 4 members (excludes halogenated alkanes) is 2. The van der Waals surface area contributed by atoms with Gasteiger partial charge in [-0.05, 0) is 56.2 Å². The van der Waals surface area contributed by atoms with Crippen molar-refractivity contribution in [2.45, 2.75) is 99.0 Å². The second kappa shape index (κ2) is 16.7. The third-order valence-electron chi connectivity index (χ3n) is 7.94. The third kappa shape index (κ3) is 8.33. The van der Waals surface area contributed by atoms with Crippen molar-refractivity contribution in [2.75, 3.05) is 19.6 Å². The summed E-state index contributed by atoms with van der Waals surface area (Å²) in [5.74, 6) is -0.342. The molecule has 0 aromatic heterocycles. The summed E-state index contributed by atoms with van der Waals surface area (Å²) < 4.78 is 0. The van der Waals surface area contributed by atoms with Crippen LogP contribution in [0.5, 0.6) is 0 Å². The zero-order valence-electron chi connectivity index (χ0n) is 25.3. The summed E-state index contributed by atoms with van der Waals surface area (Å²) in [6.07, 6.45) is 8.75. The van der Waals surface area contributed by atoms with Crippen LogP contribution in [0.1, 0.15) is 103 Å². The van der Waals surface area contributed by atoms with Crippen LogP contribution in [-0.4, -0.2) is 53.2 Å². The van der Waals surface area contributed by atoms with Crippen molar-refractivity contribution < 1.29 is 14.4 Å². The van der Waals surface area contributed by atoms with Crippen LogP contribution in [0.3, 0.4) is 0 Å². The molecule has 1 heterocycles.